The zero-order valence-corrected chi connectivity index (χ0v) is 11.2. The molecular formula is C9H19ClN2O3S. The van der Waals surface area contributed by atoms with Crippen LogP contribution in [0.1, 0.15) is 20.3 Å². The molecule has 0 spiro atoms. The van der Waals surface area contributed by atoms with E-state index in [2.05, 4.69) is 10.0 Å². The largest absolute Gasteiger partial charge is 0.356 e. The van der Waals surface area contributed by atoms with Crippen molar-refractivity contribution in [2.75, 3.05) is 24.7 Å². The number of nitrogens with one attached hydrogen (secondary N) is 2. The van der Waals surface area contributed by atoms with Crippen LogP contribution in [0, 0.1) is 5.92 Å². The van der Waals surface area contributed by atoms with E-state index in [1.54, 1.807) is 0 Å². The van der Waals surface area contributed by atoms with Crippen LogP contribution in [-0.2, 0) is 14.8 Å². The van der Waals surface area contributed by atoms with Gasteiger partial charge in [-0.2, -0.15) is 0 Å². The molecule has 0 saturated carbocycles. The van der Waals surface area contributed by atoms with Gasteiger partial charge in [0.15, 0.2) is 0 Å². The lowest BCUT2D eigenvalue weighted by atomic mass is 10.2. The molecule has 1 amide bonds. The summed E-state index contributed by atoms with van der Waals surface area (Å²) in [6.07, 6.45) is 0.147. The van der Waals surface area contributed by atoms with Gasteiger partial charge in [0, 0.05) is 25.4 Å². The molecule has 0 aliphatic carbocycles. The predicted octanol–water partition coefficient (Wildman–Crippen LogP) is 0.307. The van der Waals surface area contributed by atoms with Crippen LogP contribution in [0.3, 0.4) is 0 Å². The molecule has 0 saturated heterocycles. The molecule has 0 heterocycles. The van der Waals surface area contributed by atoms with Gasteiger partial charge in [-0.3, -0.25) is 4.79 Å². The molecule has 16 heavy (non-hydrogen) atoms. The van der Waals surface area contributed by atoms with Crippen molar-refractivity contribution in [3.05, 3.63) is 0 Å². The predicted molar refractivity (Wildman–Crippen MR) is 65.0 cm³/mol. The van der Waals surface area contributed by atoms with Crippen LogP contribution >= 0.6 is 11.6 Å². The van der Waals surface area contributed by atoms with E-state index in [4.69, 9.17) is 11.6 Å². The molecular weight excluding hydrogens is 252 g/mol. The number of carbonyl (C=O) groups excluding carboxylic acids is 1. The van der Waals surface area contributed by atoms with E-state index in [1.807, 2.05) is 13.8 Å². The lowest BCUT2D eigenvalue weighted by Crippen LogP contribution is -2.33. The Labute approximate surface area is 102 Å². The Morgan fingerprint density at radius 3 is 2.50 bits per heavy atom. The molecule has 0 aromatic carbocycles. The molecule has 2 N–H and O–H groups in total. The van der Waals surface area contributed by atoms with Crippen molar-refractivity contribution in [3.63, 3.8) is 0 Å². The van der Waals surface area contributed by atoms with Gasteiger partial charge in [-0.05, 0) is 5.92 Å². The molecule has 0 radical (unpaired) electrons. The summed E-state index contributed by atoms with van der Waals surface area (Å²) >= 11 is 5.31. The summed E-state index contributed by atoms with van der Waals surface area (Å²) < 4.78 is 24.6. The van der Waals surface area contributed by atoms with Gasteiger partial charge < -0.3 is 5.32 Å². The van der Waals surface area contributed by atoms with Gasteiger partial charge in [-0.25, -0.2) is 13.1 Å². The van der Waals surface area contributed by atoms with E-state index < -0.39 is 10.0 Å². The fourth-order valence-corrected chi connectivity index (χ4v) is 2.27. The minimum absolute atomic E-state index is 0.0505. The number of sulfonamides is 1. The third-order valence-corrected chi connectivity index (χ3v) is 3.53. The Hall–Kier alpha value is -0.330. The Bertz CT molecular complexity index is 304. The van der Waals surface area contributed by atoms with Gasteiger partial charge >= 0.3 is 0 Å². The molecule has 7 heteroatoms. The normalized spacial score (nSPS) is 11.8. The summed E-state index contributed by atoms with van der Waals surface area (Å²) in [5, 5.41) is 2.70. The first-order chi connectivity index (χ1) is 7.37. The first kappa shape index (κ1) is 15.7. The number of alkyl halides is 1. The quantitative estimate of drug-likeness (QED) is 0.623. The number of rotatable bonds is 8. The van der Waals surface area contributed by atoms with Gasteiger partial charge in [-0.15, -0.1) is 11.6 Å². The van der Waals surface area contributed by atoms with E-state index in [0.29, 0.717) is 12.5 Å². The van der Waals surface area contributed by atoms with Crippen molar-refractivity contribution in [2.24, 2.45) is 5.92 Å². The zero-order chi connectivity index (χ0) is 12.6. The highest BCUT2D eigenvalue weighted by molar-refractivity contribution is 7.89. The third kappa shape index (κ3) is 8.94. The average Bonchev–Trinajstić information content (AvgIpc) is 2.14. The number of carbonyl (C=O) groups is 1. The first-order valence-electron chi connectivity index (χ1n) is 5.17. The Morgan fingerprint density at radius 2 is 2.00 bits per heavy atom. The van der Waals surface area contributed by atoms with Crippen molar-refractivity contribution in [1.29, 1.82) is 0 Å². The summed E-state index contributed by atoms with van der Waals surface area (Å²) in [4.78, 5) is 11.2. The molecule has 0 bridgehead atoms. The Balaban J connectivity index is 3.70. The summed E-state index contributed by atoms with van der Waals surface area (Å²) in [6, 6.07) is 0. The minimum Gasteiger partial charge on any atom is -0.356 e. The molecule has 5 nitrogen and oxygen atoms in total. The molecule has 0 aromatic heterocycles. The van der Waals surface area contributed by atoms with Crippen LogP contribution in [-0.4, -0.2) is 39.0 Å². The van der Waals surface area contributed by atoms with Gasteiger partial charge in [0.05, 0.1) is 5.75 Å². The van der Waals surface area contributed by atoms with E-state index in [9.17, 15) is 13.2 Å². The molecule has 0 rings (SSSR count). The van der Waals surface area contributed by atoms with Crippen molar-refractivity contribution >= 4 is 27.5 Å². The fourth-order valence-electron chi connectivity index (χ4n) is 0.900. The van der Waals surface area contributed by atoms with Crippen molar-refractivity contribution in [1.82, 2.24) is 10.0 Å². The monoisotopic (exact) mass is 270 g/mol. The maximum absolute atomic E-state index is 11.2. The standard InChI is InChI=1S/C9H19ClN2O3S/c1-8(2)7-11-9(13)3-5-12-16(14,15)6-4-10/h8,12H,3-7H2,1-2H3,(H,11,13). The lowest BCUT2D eigenvalue weighted by Gasteiger charge is -2.08. The SMILES string of the molecule is CC(C)CNC(=O)CCNS(=O)(=O)CCCl. The number of hydrogen-bond donors (Lipinski definition) is 2. The van der Waals surface area contributed by atoms with Crippen LogP contribution in [0.15, 0.2) is 0 Å². The van der Waals surface area contributed by atoms with Crippen molar-refractivity contribution in [2.45, 2.75) is 20.3 Å². The van der Waals surface area contributed by atoms with Crippen LogP contribution in [0.25, 0.3) is 0 Å². The summed E-state index contributed by atoms with van der Waals surface area (Å²) in [7, 11) is -3.32. The lowest BCUT2D eigenvalue weighted by molar-refractivity contribution is -0.121. The van der Waals surface area contributed by atoms with E-state index in [1.165, 1.54) is 0 Å². The van der Waals surface area contributed by atoms with Gasteiger partial charge in [0.25, 0.3) is 0 Å². The fraction of sp³-hybridized carbons (Fsp3) is 0.889. The minimum atomic E-state index is -3.32. The van der Waals surface area contributed by atoms with Gasteiger partial charge in [0.2, 0.25) is 15.9 Å². The molecule has 0 atom stereocenters. The Morgan fingerprint density at radius 1 is 1.38 bits per heavy atom. The smallest absolute Gasteiger partial charge is 0.221 e. The Kier molecular flexibility index (Phi) is 7.70. The van der Waals surface area contributed by atoms with E-state index in [0.717, 1.165) is 0 Å². The number of halogens is 1. The van der Waals surface area contributed by atoms with Crippen molar-refractivity contribution in [3.8, 4) is 0 Å². The first-order valence-corrected chi connectivity index (χ1v) is 7.36. The summed E-state index contributed by atoms with van der Waals surface area (Å²) in [5.74, 6) is 0.163. The zero-order valence-electron chi connectivity index (χ0n) is 9.62. The molecule has 0 aliphatic heterocycles. The number of amides is 1. The van der Waals surface area contributed by atoms with Gasteiger partial charge in [0.1, 0.15) is 0 Å². The molecule has 0 aromatic rings. The number of hydrogen-bond acceptors (Lipinski definition) is 3. The summed E-state index contributed by atoms with van der Waals surface area (Å²) in [5.41, 5.74) is 0. The third-order valence-electron chi connectivity index (χ3n) is 1.73. The molecule has 0 fully saturated rings. The summed E-state index contributed by atoms with van der Waals surface area (Å²) in [6.45, 7) is 4.70. The van der Waals surface area contributed by atoms with Crippen LogP contribution in [0.4, 0.5) is 0 Å². The average molecular weight is 271 g/mol. The second-order valence-electron chi connectivity index (χ2n) is 3.85. The molecule has 0 aliphatic rings. The highest BCUT2D eigenvalue weighted by atomic mass is 35.5. The maximum atomic E-state index is 11.2. The second-order valence-corrected chi connectivity index (χ2v) is 6.15. The van der Waals surface area contributed by atoms with E-state index >= 15 is 0 Å². The van der Waals surface area contributed by atoms with Crippen molar-refractivity contribution < 1.29 is 13.2 Å². The van der Waals surface area contributed by atoms with Crippen LogP contribution in [0.2, 0.25) is 0 Å². The second kappa shape index (κ2) is 7.86. The highest BCUT2D eigenvalue weighted by Gasteiger charge is 2.09. The highest BCUT2D eigenvalue weighted by Crippen LogP contribution is 1.90. The molecule has 0 unspecified atom stereocenters. The molecule has 96 valence electrons. The maximum Gasteiger partial charge on any atom is 0.221 e. The van der Waals surface area contributed by atoms with E-state index in [-0.39, 0.29) is 30.5 Å². The topological polar surface area (TPSA) is 75.3 Å². The van der Waals surface area contributed by atoms with Crippen LogP contribution in [0.5, 0.6) is 0 Å². The van der Waals surface area contributed by atoms with Gasteiger partial charge in [-0.1, -0.05) is 13.8 Å². The van der Waals surface area contributed by atoms with Crippen LogP contribution < -0.4 is 10.0 Å².